The highest BCUT2D eigenvalue weighted by molar-refractivity contribution is 5.82. The number of carbonyl (C=O) groups is 1. The van der Waals surface area contributed by atoms with Crippen molar-refractivity contribution >= 4 is 17.4 Å². The third-order valence-electron chi connectivity index (χ3n) is 3.73. The van der Waals surface area contributed by atoms with Gasteiger partial charge in [-0.25, -0.2) is 4.98 Å². The fraction of sp³-hybridized carbons (Fsp3) is 0.571. The Morgan fingerprint density at radius 2 is 2.42 bits per heavy atom. The quantitative estimate of drug-likeness (QED) is 0.845. The van der Waals surface area contributed by atoms with E-state index in [4.69, 9.17) is 5.73 Å². The van der Waals surface area contributed by atoms with Crippen LogP contribution in [0.4, 0.5) is 11.5 Å². The molecule has 0 bridgehead atoms. The van der Waals surface area contributed by atoms with Crippen molar-refractivity contribution in [2.45, 2.75) is 26.7 Å². The predicted molar refractivity (Wildman–Crippen MR) is 77.1 cm³/mol. The zero-order valence-corrected chi connectivity index (χ0v) is 11.6. The molecule has 3 N–H and O–H groups in total. The third kappa shape index (κ3) is 2.97. The number of nitrogens with zero attached hydrogens (tertiary/aromatic N) is 2. The molecule has 1 unspecified atom stereocenters. The molecule has 1 saturated heterocycles. The molecule has 0 spiro atoms. The van der Waals surface area contributed by atoms with Gasteiger partial charge in [0, 0.05) is 37.6 Å². The normalized spacial score (nSPS) is 22.5. The van der Waals surface area contributed by atoms with Crippen LogP contribution in [0.25, 0.3) is 0 Å². The lowest BCUT2D eigenvalue weighted by Crippen LogP contribution is -2.37. The Bertz CT molecular complexity index is 463. The van der Waals surface area contributed by atoms with Gasteiger partial charge in [-0.15, -0.1) is 0 Å². The van der Waals surface area contributed by atoms with Crippen molar-refractivity contribution < 1.29 is 4.79 Å². The van der Waals surface area contributed by atoms with E-state index in [9.17, 15) is 4.79 Å². The first kappa shape index (κ1) is 13.6. The van der Waals surface area contributed by atoms with Gasteiger partial charge in [-0.3, -0.25) is 4.79 Å². The molecule has 2 rings (SSSR count). The number of primary amides is 1. The average molecular weight is 262 g/mol. The van der Waals surface area contributed by atoms with Gasteiger partial charge in [0.25, 0.3) is 0 Å². The van der Waals surface area contributed by atoms with Gasteiger partial charge in [0.15, 0.2) is 0 Å². The summed E-state index contributed by atoms with van der Waals surface area (Å²) in [5.74, 6) is 0.667. The summed E-state index contributed by atoms with van der Waals surface area (Å²) in [4.78, 5) is 18.0. The molecule has 5 nitrogen and oxygen atoms in total. The molecule has 0 saturated carbocycles. The number of hydrogen-bond donors (Lipinski definition) is 2. The second-order valence-corrected chi connectivity index (χ2v) is 5.42. The van der Waals surface area contributed by atoms with Gasteiger partial charge in [0.1, 0.15) is 5.82 Å². The molecule has 0 radical (unpaired) electrons. The number of rotatable bonds is 5. The van der Waals surface area contributed by atoms with Crippen LogP contribution in [0.3, 0.4) is 0 Å². The van der Waals surface area contributed by atoms with Gasteiger partial charge in [0.05, 0.1) is 5.41 Å². The maximum Gasteiger partial charge on any atom is 0.225 e. The molecule has 5 heteroatoms. The Kier molecular flexibility index (Phi) is 3.93. The van der Waals surface area contributed by atoms with Crippen LogP contribution < -0.4 is 16.0 Å². The molecule has 104 valence electrons. The van der Waals surface area contributed by atoms with Crippen molar-refractivity contribution in [3.05, 3.63) is 18.3 Å². The number of nitrogens with two attached hydrogens (primary N) is 1. The van der Waals surface area contributed by atoms with E-state index >= 15 is 0 Å². The molecule has 2 heterocycles. The van der Waals surface area contributed by atoms with Crippen molar-refractivity contribution in [1.82, 2.24) is 4.98 Å². The fourth-order valence-electron chi connectivity index (χ4n) is 2.35. The SMILES string of the molecule is CCCNc1cc(N2CCC(C)(C(N)=O)C2)ccn1. The van der Waals surface area contributed by atoms with Crippen molar-refractivity contribution in [2.75, 3.05) is 29.9 Å². The van der Waals surface area contributed by atoms with E-state index in [-0.39, 0.29) is 5.91 Å². The molecule has 0 aromatic carbocycles. The predicted octanol–water partition coefficient (Wildman–Crippen LogP) is 1.61. The summed E-state index contributed by atoms with van der Waals surface area (Å²) < 4.78 is 0. The number of anilines is 2. The van der Waals surface area contributed by atoms with Gasteiger partial charge in [-0.05, 0) is 25.8 Å². The van der Waals surface area contributed by atoms with Gasteiger partial charge < -0.3 is 16.0 Å². The highest BCUT2D eigenvalue weighted by Crippen LogP contribution is 2.33. The Labute approximate surface area is 114 Å². The summed E-state index contributed by atoms with van der Waals surface area (Å²) in [7, 11) is 0. The number of aromatic nitrogens is 1. The molecule has 0 aliphatic carbocycles. The van der Waals surface area contributed by atoms with E-state index in [0.717, 1.165) is 37.4 Å². The maximum absolute atomic E-state index is 11.5. The Hall–Kier alpha value is -1.78. The summed E-state index contributed by atoms with van der Waals surface area (Å²) in [6.45, 7) is 6.51. The average Bonchev–Trinajstić information content (AvgIpc) is 2.81. The number of hydrogen-bond acceptors (Lipinski definition) is 4. The first-order valence-corrected chi connectivity index (χ1v) is 6.80. The van der Waals surface area contributed by atoms with Crippen LogP contribution in [0, 0.1) is 5.41 Å². The summed E-state index contributed by atoms with van der Waals surface area (Å²) in [5, 5.41) is 3.27. The fourth-order valence-corrected chi connectivity index (χ4v) is 2.35. The highest BCUT2D eigenvalue weighted by atomic mass is 16.1. The van der Waals surface area contributed by atoms with Crippen molar-refractivity contribution in [3.63, 3.8) is 0 Å². The van der Waals surface area contributed by atoms with Crippen LogP contribution in [0.15, 0.2) is 18.3 Å². The molecule has 1 amide bonds. The van der Waals surface area contributed by atoms with E-state index in [1.165, 1.54) is 0 Å². The number of carbonyl (C=O) groups excluding carboxylic acids is 1. The molecule has 1 atom stereocenters. The molecule has 1 aromatic heterocycles. The van der Waals surface area contributed by atoms with E-state index < -0.39 is 5.41 Å². The third-order valence-corrected chi connectivity index (χ3v) is 3.73. The summed E-state index contributed by atoms with van der Waals surface area (Å²) in [6, 6.07) is 4.01. The van der Waals surface area contributed by atoms with E-state index in [1.54, 1.807) is 6.20 Å². The number of pyridine rings is 1. The van der Waals surface area contributed by atoms with Crippen LogP contribution in [0.5, 0.6) is 0 Å². The second-order valence-electron chi connectivity index (χ2n) is 5.42. The Morgan fingerprint density at radius 1 is 1.63 bits per heavy atom. The molecule has 1 aliphatic rings. The van der Waals surface area contributed by atoms with E-state index in [2.05, 4.69) is 22.1 Å². The van der Waals surface area contributed by atoms with Gasteiger partial charge in [0.2, 0.25) is 5.91 Å². The summed E-state index contributed by atoms with van der Waals surface area (Å²) >= 11 is 0. The molecule has 1 fully saturated rings. The van der Waals surface area contributed by atoms with Crippen LogP contribution in [0.2, 0.25) is 0 Å². The minimum absolute atomic E-state index is 0.214. The van der Waals surface area contributed by atoms with Crippen molar-refractivity contribution in [3.8, 4) is 0 Å². The smallest absolute Gasteiger partial charge is 0.225 e. The molecule has 1 aliphatic heterocycles. The number of nitrogens with one attached hydrogen (secondary N) is 1. The van der Waals surface area contributed by atoms with Crippen LogP contribution in [-0.4, -0.2) is 30.5 Å². The molecular weight excluding hydrogens is 240 g/mol. The zero-order chi connectivity index (χ0) is 13.9. The standard InChI is InChI=1S/C14H22N4O/c1-3-6-16-12-9-11(4-7-17-12)18-8-5-14(2,10-18)13(15)19/h4,7,9H,3,5-6,8,10H2,1-2H3,(H2,15,19)(H,16,17). The Morgan fingerprint density at radius 3 is 3.05 bits per heavy atom. The second kappa shape index (κ2) is 5.47. The van der Waals surface area contributed by atoms with Crippen LogP contribution in [0.1, 0.15) is 26.7 Å². The minimum Gasteiger partial charge on any atom is -0.370 e. The van der Waals surface area contributed by atoms with E-state index in [0.29, 0.717) is 6.54 Å². The van der Waals surface area contributed by atoms with Crippen molar-refractivity contribution in [1.29, 1.82) is 0 Å². The van der Waals surface area contributed by atoms with Gasteiger partial charge in [-0.1, -0.05) is 6.92 Å². The van der Waals surface area contributed by atoms with Crippen LogP contribution in [-0.2, 0) is 4.79 Å². The lowest BCUT2D eigenvalue weighted by molar-refractivity contribution is -0.125. The largest absolute Gasteiger partial charge is 0.370 e. The summed E-state index contributed by atoms with van der Waals surface area (Å²) in [5.41, 5.74) is 6.16. The minimum atomic E-state index is -0.416. The first-order chi connectivity index (χ1) is 9.05. The van der Waals surface area contributed by atoms with Gasteiger partial charge >= 0.3 is 0 Å². The molecule has 19 heavy (non-hydrogen) atoms. The maximum atomic E-state index is 11.5. The number of amides is 1. The van der Waals surface area contributed by atoms with Crippen molar-refractivity contribution in [2.24, 2.45) is 11.1 Å². The zero-order valence-electron chi connectivity index (χ0n) is 11.6. The van der Waals surface area contributed by atoms with E-state index in [1.807, 2.05) is 19.1 Å². The monoisotopic (exact) mass is 262 g/mol. The Balaban J connectivity index is 2.09. The highest BCUT2D eigenvalue weighted by Gasteiger charge is 2.38. The lowest BCUT2D eigenvalue weighted by Gasteiger charge is -2.22. The molecule has 1 aromatic rings. The topological polar surface area (TPSA) is 71.2 Å². The molecular formula is C14H22N4O. The van der Waals surface area contributed by atoms with Crippen LogP contribution >= 0.6 is 0 Å². The van der Waals surface area contributed by atoms with Gasteiger partial charge in [-0.2, -0.15) is 0 Å². The lowest BCUT2D eigenvalue weighted by atomic mass is 9.89. The summed E-state index contributed by atoms with van der Waals surface area (Å²) in [6.07, 6.45) is 3.67. The first-order valence-electron chi connectivity index (χ1n) is 6.80.